The van der Waals surface area contributed by atoms with E-state index in [-0.39, 0.29) is 29.5 Å². The monoisotopic (exact) mass is 334 g/mol. The Morgan fingerprint density at radius 1 is 1.08 bits per heavy atom. The first-order valence-corrected chi connectivity index (χ1v) is 9.99. The number of rotatable bonds is 1. The Morgan fingerprint density at radius 2 is 1.79 bits per heavy atom. The van der Waals surface area contributed by atoms with E-state index in [0.717, 1.165) is 44.9 Å². The third-order valence-corrected chi connectivity index (χ3v) is 9.13. The van der Waals surface area contributed by atoms with Crippen LogP contribution in [-0.2, 0) is 0 Å². The lowest BCUT2D eigenvalue weighted by atomic mass is 9.45. The molecule has 3 saturated carbocycles. The summed E-state index contributed by atoms with van der Waals surface area (Å²) in [6.45, 7) is 6.70. The van der Waals surface area contributed by atoms with Gasteiger partial charge in [0.05, 0.1) is 18.3 Å². The molecule has 4 aliphatic rings. The maximum absolute atomic E-state index is 11.0. The zero-order valence-corrected chi connectivity index (χ0v) is 15.5. The minimum absolute atomic E-state index is 0.0238. The summed E-state index contributed by atoms with van der Waals surface area (Å²) in [4.78, 5) is 0. The lowest BCUT2D eigenvalue weighted by Gasteiger charge is -2.60. The zero-order valence-electron chi connectivity index (χ0n) is 15.5. The van der Waals surface area contributed by atoms with Crippen molar-refractivity contribution in [2.75, 3.05) is 6.61 Å². The van der Waals surface area contributed by atoms with Crippen LogP contribution < -0.4 is 0 Å². The molecule has 4 rings (SSSR count). The Balaban J connectivity index is 1.73. The molecule has 0 aromatic carbocycles. The van der Waals surface area contributed by atoms with Gasteiger partial charge in [-0.3, -0.25) is 0 Å². The highest BCUT2D eigenvalue weighted by atomic mass is 16.3. The Labute approximate surface area is 146 Å². The quantitative estimate of drug-likeness (QED) is 0.645. The van der Waals surface area contributed by atoms with Gasteiger partial charge in [-0.15, -0.1) is 0 Å². The van der Waals surface area contributed by atoms with E-state index in [0.29, 0.717) is 17.8 Å². The SMILES string of the molecule is C[C@H]1C2=CC[C@@H]3[C@H](CC[C@@]4(C)[C@H]3CC[C@]4(C)O)[C@@]2(CO)CC[C@@H]1O. The van der Waals surface area contributed by atoms with Crippen LogP contribution >= 0.6 is 0 Å². The largest absolute Gasteiger partial charge is 0.395 e. The van der Waals surface area contributed by atoms with E-state index in [1.165, 1.54) is 5.57 Å². The summed E-state index contributed by atoms with van der Waals surface area (Å²) in [5, 5.41) is 31.8. The standard InChI is InChI=1S/C21H34O3/c1-13-15-5-4-14-16-7-10-20(3,24)19(16,2)9-6-17(14)21(15,12-22)11-8-18(13)23/h5,13-14,16-18,22-24H,4,6-12H2,1-3H3/t13-,14-,16-,17-,18-,19-,20-,21+/m0/s1. The molecular formula is C21H34O3. The predicted molar refractivity (Wildman–Crippen MR) is 94.3 cm³/mol. The zero-order chi connectivity index (χ0) is 17.3. The van der Waals surface area contributed by atoms with Crippen molar-refractivity contribution in [2.24, 2.45) is 34.5 Å². The maximum Gasteiger partial charge on any atom is 0.0675 e. The van der Waals surface area contributed by atoms with Crippen LogP contribution in [0.15, 0.2) is 11.6 Å². The van der Waals surface area contributed by atoms with E-state index in [1.807, 2.05) is 6.92 Å². The summed E-state index contributed by atoms with van der Waals surface area (Å²) in [5.74, 6) is 1.84. The van der Waals surface area contributed by atoms with E-state index in [9.17, 15) is 15.3 Å². The molecule has 0 aromatic heterocycles. The van der Waals surface area contributed by atoms with Crippen molar-refractivity contribution in [3.63, 3.8) is 0 Å². The number of hydrogen-bond donors (Lipinski definition) is 3. The first-order chi connectivity index (χ1) is 11.3. The molecule has 24 heavy (non-hydrogen) atoms. The maximum atomic E-state index is 11.0. The smallest absolute Gasteiger partial charge is 0.0675 e. The van der Waals surface area contributed by atoms with E-state index < -0.39 is 5.60 Å². The molecule has 136 valence electrons. The Kier molecular flexibility index (Phi) is 3.77. The van der Waals surface area contributed by atoms with Crippen LogP contribution in [0.5, 0.6) is 0 Å². The van der Waals surface area contributed by atoms with Crippen molar-refractivity contribution in [1.82, 2.24) is 0 Å². The molecule has 3 N–H and O–H groups in total. The second-order valence-corrected chi connectivity index (χ2v) is 9.75. The van der Waals surface area contributed by atoms with Gasteiger partial charge in [-0.25, -0.2) is 0 Å². The summed E-state index contributed by atoms with van der Waals surface area (Å²) < 4.78 is 0. The van der Waals surface area contributed by atoms with Gasteiger partial charge in [0.1, 0.15) is 0 Å². The molecule has 0 radical (unpaired) electrons. The number of fused-ring (bicyclic) bond motifs is 5. The molecule has 0 spiro atoms. The molecular weight excluding hydrogens is 300 g/mol. The van der Waals surface area contributed by atoms with Gasteiger partial charge in [-0.2, -0.15) is 0 Å². The molecule has 4 aliphatic carbocycles. The molecule has 3 fully saturated rings. The van der Waals surface area contributed by atoms with Gasteiger partial charge in [-0.05, 0) is 75.0 Å². The van der Waals surface area contributed by atoms with Gasteiger partial charge in [0, 0.05) is 11.3 Å². The average Bonchev–Trinajstić information content (AvgIpc) is 2.80. The van der Waals surface area contributed by atoms with Gasteiger partial charge >= 0.3 is 0 Å². The molecule has 8 atom stereocenters. The normalized spacial score (nSPS) is 56.9. The van der Waals surface area contributed by atoms with Crippen LogP contribution in [-0.4, -0.2) is 33.6 Å². The fraction of sp³-hybridized carbons (Fsp3) is 0.905. The first-order valence-electron chi connectivity index (χ1n) is 9.99. The lowest BCUT2D eigenvalue weighted by Crippen LogP contribution is -2.56. The second-order valence-electron chi connectivity index (χ2n) is 9.75. The average molecular weight is 335 g/mol. The van der Waals surface area contributed by atoms with Gasteiger partial charge in [0.15, 0.2) is 0 Å². The minimum Gasteiger partial charge on any atom is -0.395 e. The number of aliphatic hydroxyl groups is 3. The molecule has 0 heterocycles. The second kappa shape index (κ2) is 5.31. The molecule has 3 nitrogen and oxygen atoms in total. The third kappa shape index (κ3) is 1.95. The van der Waals surface area contributed by atoms with E-state index >= 15 is 0 Å². The van der Waals surface area contributed by atoms with Crippen molar-refractivity contribution >= 4 is 0 Å². The summed E-state index contributed by atoms with van der Waals surface area (Å²) in [6, 6.07) is 0. The Bertz CT molecular complexity index is 553. The number of allylic oxidation sites excluding steroid dienone is 1. The van der Waals surface area contributed by atoms with Crippen LogP contribution in [0.4, 0.5) is 0 Å². The van der Waals surface area contributed by atoms with E-state index in [4.69, 9.17) is 0 Å². The van der Waals surface area contributed by atoms with Crippen molar-refractivity contribution in [3.05, 3.63) is 11.6 Å². The molecule has 0 aliphatic heterocycles. The summed E-state index contributed by atoms with van der Waals surface area (Å²) in [5.41, 5.74) is 0.695. The molecule has 0 bridgehead atoms. The lowest BCUT2D eigenvalue weighted by molar-refractivity contribution is -0.127. The highest BCUT2D eigenvalue weighted by molar-refractivity contribution is 5.29. The predicted octanol–water partition coefficient (Wildman–Crippen LogP) is 3.28. The Hall–Kier alpha value is -0.380. The fourth-order valence-electron chi connectivity index (χ4n) is 7.35. The fourth-order valence-corrected chi connectivity index (χ4v) is 7.35. The summed E-state index contributed by atoms with van der Waals surface area (Å²) in [7, 11) is 0. The highest BCUT2D eigenvalue weighted by Crippen LogP contribution is 2.67. The van der Waals surface area contributed by atoms with E-state index in [1.54, 1.807) is 0 Å². The van der Waals surface area contributed by atoms with Gasteiger partial charge in [-0.1, -0.05) is 25.5 Å². The number of hydrogen-bond acceptors (Lipinski definition) is 3. The van der Waals surface area contributed by atoms with Gasteiger partial charge in [0.2, 0.25) is 0 Å². The van der Waals surface area contributed by atoms with Gasteiger partial charge in [0.25, 0.3) is 0 Å². The van der Waals surface area contributed by atoms with Crippen molar-refractivity contribution < 1.29 is 15.3 Å². The van der Waals surface area contributed by atoms with Crippen LogP contribution in [0, 0.1) is 34.5 Å². The molecule has 3 heteroatoms. The molecule has 0 saturated heterocycles. The minimum atomic E-state index is -0.547. The Morgan fingerprint density at radius 3 is 2.50 bits per heavy atom. The highest BCUT2D eigenvalue weighted by Gasteiger charge is 2.63. The number of aliphatic hydroxyl groups excluding tert-OH is 2. The van der Waals surface area contributed by atoms with Gasteiger partial charge < -0.3 is 15.3 Å². The van der Waals surface area contributed by atoms with E-state index in [2.05, 4.69) is 19.9 Å². The van der Waals surface area contributed by atoms with Crippen molar-refractivity contribution in [3.8, 4) is 0 Å². The van der Waals surface area contributed by atoms with Crippen molar-refractivity contribution in [2.45, 2.75) is 77.4 Å². The molecule has 0 aromatic rings. The first kappa shape index (κ1) is 17.1. The van der Waals surface area contributed by atoms with Crippen LogP contribution in [0.2, 0.25) is 0 Å². The van der Waals surface area contributed by atoms with Crippen LogP contribution in [0.1, 0.15) is 65.7 Å². The molecule has 0 unspecified atom stereocenters. The van der Waals surface area contributed by atoms with Crippen LogP contribution in [0.25, 0.3) is 0 Å². The van der Waals surface area contributed by atoms with Crippen molar-refractivity contribution in [1.29, 1.82) is 0 Å². The summed E-state index contributed by atoms with van der Waals surface area (Å²) >= 11 is 0. The molecule has 0 amide bonds. The topological polar surface area (TPSA) is 60.7 Å². The third-order valence-electron chi connectivity index (χ3n) is 9.13. The van der Waals surface area contributed by atoms with Crippen LogP contribution in [0.3, 0.4) is 0 Å². The summed E-state index contributed by atoms with van der Waals surface area (Å²) in [6.07, 6.45) is 9.10.